The summed E-state index contributed by atoms with van der Waals surface area (Å²) in [4.78, 5) is 1.60. The molecule has 1 N–H and O–H groups in total. The molecule has 1 aromatic rings. The van der Waals surface area contributed by atoms with Crippen LogP contribution < -0.4 is 4.90 Å². The van der Waals surface area contributed by atoms with E-state index in [9.17, 15) is 8.42 Å². The number of piperazine rings is 1. The summed E-state index contributed by atoms with van der Waals surface area (Å²) in [6.45, 7) is 9.86. The van der Waals surface area contributed by atoms with Gasteiger partial charge in [-0.3, -0.25) is 0 Å². The smallest absolute Gasteiger partial charge is 0.244 e. The maximum atomic E-state index is 12.9. The first-order valence-electron chi connectivity index (χ1n) is 7.59. The van der Waals surface area contributed by atoms with Crippen molar-refractivity contribution < 1.29 is 13.3 Å². The lowest BCUT2D eigenvalue weighted by atomic mass is 10.1. The highest BCUT2D eigenvalue weighted by Gasteiger charge is 2.33. The summed E-state index contributed by atoms with van der Waals surface area (Å²) in [6.07, 6.45) is 0. The first-order valence-corrected chi connectivity index (χ1v) is 9.03. The van der Waals surface area contributed by atoms with Gasteiger partial charge in [-0.1, -0.05) is 17.7 Å². The normalized spacial score (nSPS) is 18.9. The van der Waals surface area contributed by atoms with Crippen molar-refractivity contribution in [1.82, 2.24) is 4.31 Å². The standard InChI is InChI=1S/C16H23N3O2S/c1-12-9-13(2)16(14(3)10-12)22(20,21)19-7-5-18(6-8-19)15(4)11-17/h9-10,15H,5-8H2,1-4H3/p+1/t15-/m0/s1. The maximum absolute atomic E-state index is 12.9. The lowest BCUT2D eigenvalue weighted by Crippen LogP contribution is -3.17. The van der Waals surface area contributed by atoms with Crippen molar-refractivity contribution in [2.75, 3.05) is 26.2 Å². The van der Waals surface area contributed by atoms with E-state index in [4.69, 9.17) is 5.26 Å². The number of quaternary nitrogens is 1. The Labute approximate surface area is 133 Å². The molecular formula is C16H24N3O2S+. The van der Waals surface area contributed by atoms with Gasteiger partial charge in [0, 0.05) is 6.92 Å². The molecule has 120 valence electrons. The van der Waals surface area contributed by atoms with Gasteiger partial charge in [0.2, 0.25) is 10.0 Å². The molecule has 0 spiro atoms. The third-order valence-electron chi connectivity index (χ3n) is 4.37. The van der Waals surface area contributed by atoms with E-state index in [2.05, 4.69) is 6.07 Å². The summed E-state index contributed by atoms with van der Waals surface area (Å²) in [5.74, 6) is 0. The van der Waals surface area contributed by atoms with E-state index in [1.165, 1.54) is 0 Å². The number of benzene rings is 1. The van der Waals surface area contributed by atoms with Crippen LogP contribution in [0, 0.1) is 32.1 Å². The average Bonchev–Trinajstić information content (AvgIpc) is 2.45. The second-order valence-corrected chi connectivity index (χ2v) is 8.02. The lowest BCUT2D eigenvalue weighted by Gasteiger charge is -2.33. The topological polar surface area (TPSA) is 65.6 Å². The number of hydrogen-bond donors (Lipinski definition) is 1. The summed E-state index contributed by atoms with van der Waals surface area (Å²) in [5.41, 5.74) is 2.68. The van der Waals surface area contributed by atoms with Gasteiger partial charge in [0.25, 0.3) is 0 Å². The fourth-order valence-corrected chi connectivity index (χ4v) is 5.09. The molecule has 6 heteroatoms. The number of nitrogens with one attached hydrogen (secondary N) is 1. The molecular weight excluding hydrogens is 298 g/mol. The van der Waals surface area contributed by atoms with Crippen LogP contribution in [0.15, 0.2) is 17.0 Å². The van der Waals surface area contributed by atoms with Gasteiger partial charge < -0.3 is 4.90 Å². The Morgan fingerprint density at radius 2 is 1.68 bits per heavy atom. The van der Waals surface area contributed by atoms with Crippen molar-refractivity contribution in [2.24, 2.45) is 0 Å². The molecule has 1 saturated heterocycles. The Kier molecular flexibility index (Phi) is 4.90. The van der Waals surface area contributed by atoms with E-state index in [-0.39, 0.29) is 6.04 Å². The zero-order chi connectivity index (χ0) is 16.5. The second kappa shape index (κ2) is 6.37. The Morgan fingerprint density at radius 3 is 2.14 bits per heavy atom. The Balaban J connectivity index is 2.25. The van der Waals surface area contributed by atoms with E-state index in [1.807, 2.05) is 39.8 Å². The SMILES string of the molecule is Cc1cc(C)c(S(=O)(=O)N2CC[NH+]([C@@H](C)C#N)CC2)c(C)c1. The molecule has 1 heterocycles. The minimum absolute atomic E-state index is 0.0901. The molecule has 0 aliphatic carbocycles. The molecule has 22 heavy (non-hydrogen) atoms. The molecule has 0 unspecified atom stereocenters. The van der Waals surface area contributed by atoms with Crippen LogP contribution in [0.3, 0.4) is 0 Å². The highest BCUT2D eigenvalue weighted by atomic mass is 32.2. The number of nitriles is 1. The van der Waals surface area contributed by atoms with Crippen molar-refractivity contribution in [2.45, 2.75) is 38.6 Å². The molecule has 5 nitrogen and oxygen atoms in total. The highest BCUT2D eigenvalue weighted by Crippen LogP contribution is 2.25. The van der Waals surface area contributed by atoms with Gasteiger partial charge in [-0.2, -0.15) is 9.57 Å². The first kappa shape index (κ1) is 16.9. The highest BCUT2D eigenvalue weighted by molar-refractivity contribution is 7.89. The molecule has 1 aromatic carbocycles. The summed E-state index contributed by atoms with van der Waals surface area (Å²) in [6, 6.07) is 5.98. The maximum Gasteiger partial charge on any atom is 0.244 e. The predicted molar refractivity (Wildman–Crippen MR) is 85.2 cm³/mol. The molecule has 0 amide bonds. The van der Waals surface area contributed by atoms with Gasteiger partial charge in [0.1, 0.15) is 6.07 Å². The van der Waals surface area contributed by atoms with Gasteiger partial charge >= 0.3 is 0 Å². The molecule has 1 atom stereocenters. The van der Waals surface area contributed by atoms with Crippen LogP contribution in [0.2, 0.25) is 0 Å². The number of aryl methyl sites for hydroxylation is 3. The summed E-state index contributed by atoms with van der Waals surface area (Å²) >= 11 is 0. The zero-order valence-electron chi connectivity index (χ0n) is 13.7. The van der Waals surface area contributed by atoms with E-state index < -0.39 is 10.0 Å². The molecule has 1 aliphatic rings. The van der Waals surface area contributed by atoms with E-state index in [0.717, 1.165) is 21.6 Å². The minimum atomic E-state index is -3.46. The predicted octanol–water partition coefficient (Wildman–Crippen LogP) is 0.413. The summed E-state index contributed by atoms with van der Waals surface area (Å²) < 4.78 is 27.4. The first-order chi connectivity index (χ1) is 10.3. The summed E-state index contributed by atoms with van der Waals surface area (Å²) in [7, 11) is -3.46. The second-order valence-electron chi connectivity index (χ2n) is 6.14. The van der Waals surface area contributed by atoms with Crippen LogP contribution in [0.4, 0.5) is 0 Å². The average molecular weight is 322 g/mol. The minimum Gasteiger partial charge on any atom is -0.319 e. The molecule has 0 radical (unpaired) electrons. The Bertz CT molecular complexity index is 676. The van der Waals surface area contributed by atoms with E-state index >= 15 is 0 Å². The van der Waals surface area contributed by atoms with Crippen LogP contribution in [0.5, 0.6) is 0 Å². The van der Waals surface area contributed by atoms with Crippen molar-refractivity contribution in [3.05, 3.63) is 28.8 Å². The molecule has 0 bridgehead atoms. The van der Waals surface area contributed by atoms with Gasteiger partial charge in [0.15, 0.2) is 6.04 Å². The quantitative estimate of drug-likeness (QED) is 0.877. The van der Waals surface area contributed by atoms with Gasteiger partial charge in [-0.15, -0.1) is 0 Å². The monoisotopic (exact) mass is 322 g/mol. The largest absolute Gasteiger partial charge is 0.319 e. The number of hydrogen-bond acceptors (Lipinski definition) is 3. The van der Waals surface area contributed by atoms with Gasteiger partial charge in [-0.25, -0.2) is 8.42 Å². The number of rotatable bonds is 3. The fraction of sp³-hybridized carbons (Fsp3) is 0.562. The van der Waals surface area contributed by atoms with Crippen molar-refractivity contribution in [3.8, 4) is 6.07 Å². The van der Waals surface area contributed by atoms with E-state index in [1.54, 1.807) is 4.31 Å². The fourth-order valence-electron chi connectivity index (χ4n) is 3.24. The van der Waals surface area contributed by atoms with E-state index in [0.29, 0.717) is 31.1 Å². The van der Waals surface area contributed by atoms with Gasteiger partial charge in [0.05, 0.1) is 31.1 Å². The molecule has 0 saturated carbocycles. The van der Waals surface area contributed by atoms with Gasteiger partial charge in [-0.05, 0) is 31.9 Å². The van der Waals surface area contributed by atoms with Crippen molar-refractivity contribution in [1.29, 1.82) is 5.26 Å². The third-order valence-corrected chi connectivity index (χ3v) is 6.58. The number of sulfonamides is 1. The summed E-state index contributed by atoms with van der Waals surface area (Å²) in [5, 5.41) is 8.99. The van der Waals surface area contributed by atoms with Crippen molar-refractivity contribution >= 4 is 10.0 Å². The Morgan fingerprint density at radius 1 is 1.18 bits per heavy atom. The molecule has 2 rings (SSSR count). The Hall–Kier alpha value is -1.42. The molecule has 1 fully saturated rings. The molecule has 0 aromatic heterocycles. The van der Waals surface area contributed by atoms with Crippen LogP contribution >= 0.6 is 0 Å². The third kappa shape index (κ3) is 3.17. The van der Waals surface area contributed by atoms with Crippen LogP contribution in [0.1, 0.15) is 23.6 Å². The van der Waals surface area contributed by atoms with Crippen LogP contribution in [0.25, 0.3) is 0 Å². The lowest BCUT2D eigenvalue weighted by molar-refractivity contribution is -0.918. The van der Waals surface area contributed by atoms with Crippen LogP contribution in [-0.2, 0) is 10.0 Å². The molecule has 1 aliphatic heterocycles. The van der Waals surface area contributed by atoms with Crippen LogP contribution in [-0.4, -0.2) is 44.9 Å². The zero-order valence-corrected chi connectivity index (χ0v) is 14.5. The van der Waals surface area contributed by atoms with Crippen molar-refractivity contribution in [3.63, 3.8) is 0 Å². The number of nitrogens with zero attached hydrogens (tertiary/aromatic N) is 2.